The van der Waals surface area contributed by atoms with Crippen molar-refractivity contribution >= 4 is 57.9 Å². The number of anilines is 1. The Kier molecular flexibility index (Phi) is 8.63. The Morgan fingerprint density at radius 3 is 2.54 bits per heavy atom. The van der Waals surface area contributed by atoms with Crippen LogP contribution in [0.3, 0.4) is 0 Å². The molecule has 1 atom stereocenters. The maximum absolute atomic E-state index is 14.0. The number of hydrogen-bond acceptors (Lipinski definition) is 8. The number of amides is 1. The number of fused-ring (bicyclic) bond motifs is 1. The molecular formula is C33H24Cl2N4O6S. The van der Waals surface area contributed by atoms with Gasteiger partial charge in [-0.25, -0.2) is 4.99 Å². The lowest BCUT2D eigenvalue weighted by Crippen LogP contribution is -2.40. The SMILES string of the molecule is CCOc1ccc([C@H]2C(C(=O)Nc3ccccc3)=C(C)N=c3s/c(=C/c4ccc(-c5cc(Cl)c([N+](=O)[O-])cc5Cl)o4)c(=O)n32)cc1. The van der Waals surface area contributed by atoms with Crippen LogP contribution < -0.4 is 24.9 Å². The number of ether oxygens (including phenoxy) is 1. The molecule has 10 nitrogen and oxygen atoms in total. The van der Waals surface area contributed by atoms with E-state index in [9.17, 15) is 19.7 Å². The third kappa shape index (κ3) is 6.00. The van der Waals surface area contributed by atoms with Crippen LogP contribution in [-0.2, 0) is 4.79 Å². The zero-order chi connectivity index (χ0) is 32.5. The highest BCUT2D eigenvalue weighted by Gasteiger charge is 2.32. The number of nitro benzene ring substituents is 1. The summed E-state index contributed by atoms with van der Waals surface area (Å²) < 4.78 is 13.4. The number of nitro groups is 1. The van der Waals surface area contributed by atoms with Crippen molar-refractivity contribution < 1.29 is 18.9 Å². The zero-order valence-corrected chi connectivity index (χ0v) is 26.7. The Morgan fingerprint density at radius 2 is 1.85 bits per heavy atom. The number of nitrogens with one attached hydrogen (secondary N) is 1. The zero-order valence-electron chi connectivity index (χ0n) is 24.3. The van der Waals surface area contributed by atoms with E-state index in [2.05, 4.69) is 10.3 Å². The van der Waals surface area contributed by atoms with Crippen molar-refractivity contribution in [1.29, 1.82) is 0 Å². The molecule has 1 aliphatic rings. The van der Waals surface area contributed by atoms with Crippen LogP contribution in [0.15, 0.2) is 104 Å². The standard InChI is InChI=1S/C33H24Cl2N4O6S/c1-3-44-21-11-9-19(10-12-21)30-29(31(40)37-20-7-5-4-6-8-20)18(2)36-33-38(30)32(41)28(46-33)15-22-13-14-27(45-22)23-16-25(35)26(39(42)43)17-24(23)34/h4-17,30H,3H2,1-2H3,(H,37,40)/b28-15+/t30-/m0/s1. The number of thiazole rings is 1. The fourth-order valence-electron chi connectivity index (χ4n) is 5.13. The molecule has 0 radical (unpaired) electrons. The van der Waals surface area contributed by atoms with Crippen molar-refractivity contribution in [2.24, 2.45) is 4.99 Å². The third-order valence-corrected chi connectivity index (χ3v) is 8.80. The summed E-state index contributed by atoms with van der Waals surface area (Å²) in [6.45, 7) is 4.13. The predicted octanol–water partition coefficient (Wildman–Crippen LogP) is 6.75. The second kappa shape index (κ2) is 12.8. The molecule has 0 spiro atoms. The number of aromatic nitrogens is 1. The van der Waals surface area contributed by atoms with Crippen molar-refractivity contribution in [2.75, 3.05) is 11.9 Å². The van der Waals surface area contributed by atoms with Crippen molar-refractivity contribution in [3.05, 3.63) is 141 Å². The molecule has 3 heterocycles. The molecule has 0 unspecified atom stereocenters. The van der Waals surface area contributed by atoms with E-state index < -0.39 is 11.0 Å². The van der Waals surface area contributed by atoms with Crippen LogP contribution in [0, 0.1) is 10.1 Å². The van der Waals surface area contributed by atoms with Crippen LogP contribution in [-0.4, -0.2) is 22.0 Å². The van der Waals surface area contributed by atoms with Gasteiger partial charge in [0.15, 0.2) is 4.80 Å². The van der Waals surface area contributed by atoms with E-state index in [1.807, 2.05) is 37.3 Å². The van der Waals surface area contributed by atoms with Crippen LogP contribution in [0.25, 0.3) is 17.4 Å². The predicted molar refractivity (Wildman–Crippen MR) is 177 cm³/mol. The van der Waals surface area contributed by atoms with Crippen molar-refractivity contribution in [3.8, 4) is 17.1 Å². The van der Waals surface area contributed by atoms with Crippen molar-refractivity contribution in [3.63, 3.8) is 0 Å². The number of rotatable bonds is 8. The monoisotopic (exact) mass is 674 g/mol. The van der Waals surface area contributed by atoms with Gasteiger partial charge in [0.05, 0.1) is 38.4 Å². The second-order valence-electron chi connectivity index (χ2n) is 10.1. The Balaban J connectivity index is 1.43. The number of benzene rings is 3. The lowest BCUT2D eigenvalue weighted by molar-refractivity contribution is -0.384. The normalized spacial score (nSPS) is 14.5. The Bertz CT molecular complexity index is 2200. The van der Waals surface area contributed by atoms with E-state index in [0.29, 0.717) is 61.3 Å². The number of allylic oxidation sites excluding steroid dienone is 1. The number of carbonyl (C=O) groups excluding carboxylic acids is 1. The topological polar surface area (TPSA) is 129 Å². The highest BCUT2D eigenvalue weighted by molar-refractivity contribution is 7.07. The summed E-state index contributed by atoms with van der Waals surface area (Å²) in [4.78, 5) is 43.5. The average Bonchev–Trinajstić information content (AvgIpc) is 3.62. The molecule has 13 heteroatoms. The van der Waals surface area contributed by atoms with Gasteiger partial charge in [-0.05, 0) is 61.9 Å². The molecule has 232 valence electrons. The van der Waals surface area contributed by atoms with E-state index in [1.54, 1.807) is 49.4 Å². The molecule has 5 aromatic rings. The van der Waals surface area contributed by atoms with Gasteiger partial charge in [-0.1, -0.05) is 64.9 Å². The van der Waals surface area contributed by atoms with Gasteiger partial charge < -0.3 is 14.5 Å². The summed E-state index contributed by atoms with van der Waals surface area (Å²) in [6.07, 6.45) is 1.58. The first-order valence-electron chi connectivity index (χ1n) is 14.0. The number of para-hydroxylation sites is 1. The van der Waals surface area contributed by atoms with Crippen molar-refractivity contribution in [1.82, 2.24) is 4.57 Å². The summed E-state index contributed by atoms with van der Waals surface area (Å²) in [6, 6.07) is 21.4. The minimum absolute atomic E-state index is 0.0866. The van der Waals surface area contributed by atoms with E-state index in [1.165, 1.54) is 10.6 Å². The average molecular weight is 676 g/mol. The van der Waals surface area contributed by atoms with Gasteiger partial charge in [0.2, 0.25) is 0 Å². The number of nitrogens with zero attached hydrogens (tertiary/aromatic N) is 3. The summed E-state index contributed by atoms with van der Waals surface area (Å²) in [5, 5.41) is 14.2. The van der Waals surface area contributed by atoms with Crippen LogP contribution in [0.5, 0.6) is 5.75 Å². The highest BCUT2D eigenvalue weighted by atomic mass is 35.5. The van der Waals surface area contributed by atoms with Gasteiger partial charge in [-0.3, -0.25) is 24.3 Å². The molecule has 1 amide bonds. The van der Waals surface area contributed by atoms with Crippen LogP contribution in [0.4, 0.5) is 11.4 Å². The van der Waals surface area contributed by atoms with Crippen LogP contribution in [0.1, 0.15) is 31.2 Å². The van der Waals surface area contributed by atoms with Gasteiger partial charge in [0, 0.05) is 23.4 Å². The molecule has 0 saturated heterocycles. The minimum Gasteiger partial charge on any atom is -0.494 e. The summed E-state index contributed by atoms with van der Waals surface area (Å²) in [5.41, 5.74) is 1.79. The van der Waals surface area contributed by atoms with Crippen LogP contribution >= 0.6 is 34.5 Å². The van der Waals surface area contributed by atoms with Crippen LogP contribution in [0.2, 0.25) is 10.0 Å². The molecule has 0 saturated carbocycles. The fourth-order valence-corrected chi connectivity index (χ4v) is 6.64. The molecular weight excluding hydrogens is 651 g/mol. The lowest BCUT2D eigenvalue weighted by atomic mass is 9.95. The fraction of sp³-hybridized carbons (Fsp3) is 0.121. The molecule has 3 aromatic carbocycles. The molecule has 0 bridgehead atoms. The molecule has 1 N–H and O–H groups in total. The number of halogens is 2. The van der Waals surface area contributed by atoms with E-state index in [-0.39, 0.29) is 27.2 Å². The highest BCUT2D eigenvalue weighted by Crippen LogP contribution is 2.37. The maximum Gasteiger partial charge on any atom is 0.289 e. The van der Waals surface area contributed by atoms with Crippen molar-refractivity contribution in [2.45, 2.75) is 19.9 Å². The Labute approximate surface area is 275 Å². The smallest absolute Gasteiger partial charge is 0.289 e. The minimum atomic E-state index is -0.772. The van der Waals surface area contributed by atoms with Gasteiger partial charge in [0.1, 0.15) is 22.3 Å². The van der Waals surface area contributed by atoms with Gasteiger partial charge in [0.25, 0.3) is 17.2 Å². The Hall–Kier alpha value is -4.97. The van der Waals surface area contributed by atoms with E-state index >= 15 is 0 Å². The van der Waals surface area contributed by atoms with E-state index in [4.69, 9.17) is 32.4 Å². The second-order valence-corrected chi connectivity index (χ2v) is 12.0. The van der Waals surface area contributed by atoms with Gasteiger partial charge in [-0.2, -0.15) is 0 Å². The third-order valence-electron chi connectivity index (χ3n) is 7.20. The van der Waals surface area contributed by atoms with Gasteiger partial charge >= 0.3 is 0 Å². The number of carbonyl (C=O) groups is 1. The number of furan rings is 1. The summed E-state index contributed by atoms with van der Waals surface area (Å²) in [7, 11) is 0. The first kappa shape index (κ1) is 31.0. The summed E-state index contributed by atoms with van der Waals surface area (Å²) >= 11 is 13.6. The quantitative estimate of drug-likeness (QED) is 0.143. The molecule has 0 aliphatic carbocycles. The molecule has 2 aromatic heterocycles. The van der Waals surface area contributed by atoms with E-state index in [0.717, 1.165) is 17.4 Å². The first-order chi connectivity index (χ1) is 22.1. The molecule has 1 aliphatic heterocycles. The number of hydrogen-bond donors (Lipinski definition) is 1. The molecule has 46 heavy (non-hydrogen) atoms. The summed E-state index contributed by atoms with van der Waals surface area (Å²) in [5.74, 6) is 0.928. The Morgan fingerprint density at radius 1 is 1.11 bits per heavy atom. The molecule has 0 fully saturated rings. The molecule has 6 rings (SSSR count). The first-order valence-corrected chi connectivity index (χ1v) is 15.6. The largest absolute Gasteiger partial charge is 0.494 e. The van der Waals surface area contributed by atoms with Gasteiger partial charge in [-0.15, -0.1) is 0 Å². The lowest BCUT2D eigenvalue weighted by Gasteiger charge is -2.25. The maximum atomic E-state index is 14.0.